The molecular formula is C16H15BrN2O2. The van der Waals surface area contributed by atoms with Crippen LogP contribution < -0.4 is 10.2 Å². The highest BCUT2D eigenvalue weighted by Crippen LogP contribution is 2.16. The van der Waals surface area contributed by atoms with Crippen LogP contribution in [-0.4, -0.2) is 19.2 Å². The number of nitrogens with zero attached hydrogens (tertiary/aromatic N) is 1. The van der Waals surface area contributed by atoms with Crippen LogP contribution in [0.3, 0.4) is 0 Å². The summed E-state index contributed by atoms with van der Waals surface area (Å²) in [5, 5.41) is 3.96. The van der Waals surface area contributed by atoms with E-state index in [0.717, 1.165) is 15.6 Å². The summed E-state index contributed by atoms with van der Waals surface area (Å²) in [5.74, 6) is 0.352. The fraction of sp³-hybridized carbons (Fsp3) is 0.125. The molecule has 1 amide bonds. The highest BCUT2D eigenvalue weighted by atomic mass is 79.9. The van der Waals surface area contributed by atoms with Gasteiger partial charge < -0.3 is 4.74 Å². The Bertz CT molecular complexity index is 684. The minimum Gasteiger partial charge on any atom is -0.497 e. The van der Waals surface area contributed by atoms with Crippen molar-refractivity contribution in [3.8, 4) is 5.75 Å². The summed E-state index contributed by atoms with van der Waals surface area (Å²) in [7, 11) is 1.56. The van der Waals surface area contributed by atoms with Crippen LogP contribution in [0.4, 0.5) is 0 Å². The number of carbonyl (C=O) groups is 1. The summed E-state index contributed by atoms with van der Waals surface area (Å²) in [4.78, 5) is 11.9. The Labute approximate surface area is 132 Å². The highest BCUT2D eigenvalue weighted by molar-refractivity contribution is 9.10. The molecule has 2 rings (SSSR count). The predicted octanol–water partition coefficient (Wildman–Crippen LogP) is 3.53. The van der Waals surface area contributed by atoms with E-state index in [-0.39, 0.29) is 5.91 Å². The molecule has 0 atom stereocenters. The van der Waals surface area contributed by atoms with E-state index in [1.165, 1.54) is 0 Å². The van der Waals surface area contributed by atoms with Crippen molar-refractivity contribution in [3.05, 3.63) is 63.6 Å². The number of methoxy groups -OCH3 is 1. The number of hydrogen-bond donors (Lipinski definition) is 1. The largest absolute Gasteiger partial charge is 0.497 e. The van der Waals surface area contributed by atoms with Gasteiger partial charge in [-0.05, 0) is 42.3 Å². The monoisotopic (exact) mass is 346 g/mol. The van der Waals surface area contributed by atoms with Gasteiger partial charge in [-0.15, -0.1) is 0 Å². The Balaban J connectivity index is 2.02. The van der Waals surface area contributed by atoms with Gasteiger partial charge in [0.05, 0.1) is 13.3 Å². The average Bonchev–Trinajstić information content (AvgIpc) is 2.50. The lowest BCUT2D eigenvalue weighted by molar-refractivity contribution is 0.0955. The van der Waals surface area contributed by atoms with E-state index in [9.17, 15) is 4.79 Å². The maximum absolute atomic E-state index is 11.9. The highest BCUT2D eigenvalue weighted by Gasteiger charge is 2.04. The van der Waals surface area contributed by atoms with E-state index in [4.69, 9.17) is 4.74 Å². The van der Waals surface area contributed by atoms with Gasteiger partial charge in [0.2, 0.25) is 0 Å². The predicted molar refractivity (Wildman–Crippen MR) is 86.9 cm³/mol. The molecule has 4 nitrogen and oxygen atoms in total. The number of amides is 1. The molecule has 0 aliphatic heterocycles. The Kier molecular flexibility index (Phi) is 5.11. The lowest BCUT2D eigenvalue weighted by atomic mass is 10.2. The molecule has 21 heavy (non-hydrogen) atoms. The Morgan fingerprint density at radius 1 is 1.29 bits per heavy atom. The summed E-state index contributed by atoms with van der Waals surface area (Å²) in [6.07, 6.45) is 1.60. The first-order chi connectivity index (χ1) is 10.1. The molecule has 0 unspecified atom stereocenters. The number of ether oxygens (including phenoxy) is 1. The third-order valence-corrected chi connectivity index (χ3v) is 3.76. The number of aryl methyl sites for hydroxylation is 1. The minimum absolute atomic E-state index is 0.281. The number of rotatable bonds is 4. The molecule has 2 aromatic carbocycles. The zero-order valence-electron chi connectivity index (χ0n) is 11.8. The van der Waals surface area contributed by atoms with E-state index in [1.54, 1.807) is 37.6 Å². The summed E-state index contributed by atoms with van der Waals surface area (Å²) < 4.78 is 6.08. The topological polar surface area (TPSA) is 50.7 Å². The third-order valence-electron chi connectivity index (χ3n) is 2.91. The van der Waals surface area contributed by atoms with Gasteiger partial charge in [-0.3, -0.25) is 4.79 Å². The quantitative estimate of drug-likeness (QED) is 0.680. The lowest BCUT2D eigenvalue weighted by Gasteiger charge is -2.03. The zero-order valence-corrected chi connectivity index (χ0v) is 13.3. The van der Waals surface area contributed by atoms with Crippen molar-refractivity contribution in [2.24, 2.45) is 5.10 Å². The van der Waals surface area contributed by atoms with E-state index < -0.39 is 0 Å². The molecule has 5 heteroatoms. The van der Waals surface area contributed by atoms with Gasteiger partial charge in [0.1, 0.15) is 5.75 Å². The van der Waals surface area contributed by atoms with Gasteiger partial charge in [-0.25, -0.2) is 5.43 Å². The van der Waals surface area contributed by atoms with Crippen molar-refractivity contribution < 1.29 is 9.53 Å². The van der Waals surface area contributed by atoms with Crippen molar-refractivity contribution in [2.45, 2.75) is 6.92 Å². The second-order valence-corrected chi connectivity index (χ2v) is 5.29. The average molecular weight is 347 g/mol. The van der Waals surface area contributed by atoms with Crippen molar-refractivity contribution in [2.75, 3.05) is 7.11 Å². The van der Waals surface area contributed by atoms with E-state index in [1.807, 2.05) is 25.1 Å². The summed E-state index contributed by atoms with van der Waals surface area (Å²) in [5.41, 5.74) is 5.04. The van der Waals surface area contributed by atoms with Crippen molar-refractivity contribution in [1.82, 2.24) is 5.43 Å². The summed E-state index contributed by atoms with van der Waals surface area (Å²) >= 11 is 3.46. The van der Waals surface area contributed by atoms with Gasteiger partial charge in [0.25, 0.3) is 5.91 Å². The number of benzene rings is 2. The van der Waals surface area contributed by atoms with Crippen LogP contribution in [0, 0.1) is 6.92 Å². The lowest BCUT2D eigenvalue weighted by Crippen LogP contribution is -2.17. The van der Waals surface area contributed by atoms with E-state index in [2.05, 4.69) is 26.5 Å². The first-order valence-electron chi connectivity index (χ1n) is 6.34. The van der Waals surface area contributed by atoms with E-state index >= 15 is 0 Å². The van der Waals surface area contributed by atoms with Crippen molar-refractivity contribution in [1.29, 1.82) is 0 Å². The van der Waals surface area contributed by atoms with Gasteiger partial charge in [0, 0.05) is 10.0 Å². The molecule has 0 saturated carbocycles. The SMILES string of the molecule is COc1cccc(C(=O)NN=Cc2ccc(C)c(Br)c2)c1. The molecule has 2 aromatic rings. The first kappa shape index (κ1) is 15.3. The number of carbonyl (C=O) groups excluding carboxylic acids is 1. The summed E-state index contributed by atoms with van der Waals surface area (Å²) in [6, 6.07) is 12.8. The molecule has 0 aliphatic rings. The van der Waals surface area contributed by atoms with Crippen LogP contribution in [0.1, 0.15) is 21.5 Å². The molecule has 0 saturated heterocycles. The molecule has 0 spiro atoms. The molecule has 0 aromatic heterocycles. The fourth-order valence-corrected chi connectivity index (χ4v) is 2.08. The molecule has 0 heterocycles. The van der Waals surface area contributed by atoms with Crippen LogP contribution >= 0.6 is 15.9 Å². The molecule has 0 bridgehead atoms. The Morgan fingerprint density at radius 2 is 2.10 bits per heavy atom. The number of nitrogens with one attached hydrogen (secondary N) is 1. The van der Waals surface area contributed by atoms with Gasteiger partial charge >= 0.3 is 0 Å². The number of halogens is 1. The van der Waals surface area contributed by atoms with Crippen molar-refractivity contribution in [3.63, 3.8) is 0 Å². The number of hydrogen-bond acceptors (Lipinski definition) is 3. The second-order valence-electron chi connectivity index (χ2n) is 4.44. The fourth-order valence-electron chi connectivity index (χ4n) is 1.68. The van der Waals surface area contributed by atoms with Crippen molar-refractivity contribution >= 4 is 28.1 Å². The second kappa shape index (κ2) is 7.04. The standard InChI is InChI=1S/C16H15BrN2O2/c1-11-6-7-12(8-15(11)17)10-18-19-16(20)13-4-3-5-14(9-13)21-2/h3-10H,1-2H3,(H,19,20). The van der Waals surface area contributed by atoms with Gasteiger partial charge in [-0.1, -0.05) is 34.1 Å². The van der Waals surface area contributed by atoms with E-state index in [0.29, 0.717) is 11.3 Å². The van der Waals surface area contributed by atoms with Gasteiger partial charge in [-0.2, -0.15) is 5.10 Å². The molecule has 1 N–H and O–H groups in total. The normalized spacial score (nSPS) is 10.6. The Morgan fingerprint density at radius 3 is 2.81 bits per heavy atom. The van der Waals surface area contributed by atoms with Crippen LogP contribution in [0.2, 0.25) is 0 Å². The van der Waals surface area contributed by atoms with Crippen LogP contribution in [-0.2, 0) is 0 Å². The molecule has 108 valence electrons. The summed E-state index contributed by atoms with van der Waals surface area (Å²) in [6.45, 7) is 2.01. The first-order valence-corrected chi connectivity index (χ1v) is 7.13. The third kappa shape index (κ3) is 4.16. The maximum Gasteiger partial charge on any atom is 0.271 e. The molecule has 0 aliphatic carbocycles. The zero-order chi connectivity index (χ0) is 15.2. The molecule has 0 fully saturated rings. The Hall–Kier alpha value is -2.14. The number of hydrazone groups is 1. The minimum atomic E-state index is -0.281. The van der Waals surface area contributed by atoms with Crippen LogP contribution in [0.15, 0.2) is 52.0 Å². The maximum atomic E-state index is 11.9. The van der Waals surface area contributed by atoms with Crippen LogP contribution in [0.25, 0.3) is 0 Å². The van der Waals surface area contributed by atoms with Gasteiger partial charge in [0.15, 0.2) is 0 Å². The smallest absolute Gasteiger partial charge is 0.271 e. The molecular weight excluding hydrogens is 332 g/mol. The van der Waals surface area contributed by atoms with Crippen LogP contribution in [0.5, 0.6) is 5.75 Å². The molecule has 0 radical (unpaired) electrons.